The van der Waals surface area contributed by atoms with Gasteiger partial charge in [0, 0.05) is 13.2 Å². The van der Waals surface area contributed by atoms with Crippen molar-refractivity contribution < 1.29 is 5.11 Å². The molecule has 74 valence electrons. The van der Waals surface area contributed by atoms with E-state index < -0.39 is 6.10 Å². The Kier molecular flexibility index (Phi) is 3.49. The zero-order valence-corrected chi connectivity index (χ0v) is 8.44. The van der Waals surface area contributed by atoms with Crippen LogP contribution in [0.1, 0.15) is 18.6 Å². The lowest BCUT2D eigenvalue weighted by Gasteiger charge is -2.16. The van der Waals surface area contributed by atoms with Crippen molar-refractivity contribution >= 4 is 5.82 Å². The Morgan fingerprint density at radius 2 is 2.43 bits per heavy atom. The molecular formula is C11H14N2O. The maximum absolute atomic E-state index is 9.37. The van der Waals surface area contributed by atoms with Crippen molar-refractivity contribution in [1.82, 2.24) is 4.98 Å². The summed E-state index contributed by atoms with van der Waals surface area (Å²) in [4.78, 5) is 6.01. The van der Waals surface area contributed by atoms with Gasteiger partial charge in [0.05, 0.1) is 12.6 Å². The molecule has 1 aromatic rings. The van der Waals surface area contributed by atoms with E-state index in [2.05, 4.69) is 10.9 Å². The number of anilines is 1. The highest BCUT2D eigenvalue weighted by Crippen LogP contribution is 2.16. The number of aliphatic hydroxyl groups excluding tert-OH is 1. The van der Waals surface area contributed by atoms with Gasteiger partial charge in [0.1, 0.15) is 5.82 Å². The van der Waals surface area contributed by atoms with E-state index in [9.17, 15) is 5.11 Å². The van der Waals surface area contributed by atoms with Crippen molar-refractivity contribution in [2.75, 3.05) is 18.5 Å². The highest BCUT2D eigenvalue weighted by molar-refractivity contribution is 5.41. The van der Waals surface area contributed by atoms with Gasteiger partial charge < -0.3 is 10.0 Å². The molecule has 0 bridgehead atoms. The van der Waals surface area contributed by atoms with Gasteiger partial charge in [0.25, 0.3) is 0 Å². The molecular weight excluding hydrogens is 176 g/mol. The van der Waals surface area contributed by atoms with Gasteiger partial charge in [-0.3, -0.25) is 0 Å². The number of pyridine rings is 1. The molecule has 1 N–H and O–H groups in total. The number of aliphatic hydroxyl groups is 1. The molecule has 0 aromatic carbocycles. The molecule has 0 aliphatic rings. The van der Waals surface area contributed by atoms with Crippen molar-refractivity contribution in [3.8, 4) is 12.3 Å². The topological polar surface area (TPSA) is 36.4 Å². The SMILES string of the molecule is C#CCN(C)c1cc([C@H](C)O)ccn1. The molecule has 0 unspecified atom stereocenters. The molecule has 0 saturated heterocycles. The molecule has 1 aromatic heterocycles. The quantitative estimate of drug-likeness (QED) is 0.728. The summed E-state index contributed by atoms with van der Waals surface area (Å²) in [6.45, 7) is 2.23. The van der Waals surface area contributed by atoms with Crippen molar-refractivity contribution in [2.24, 2.45) is 0 Å². The van der Waals surface area contributed by atoms with Crippen molar-refractivity contribution in [3.63, 3.8) is 0 Å². The zero-order valence-electron chi connectivity index (χ0n) is 8.44. The van der Waals surface area contributed by atoms with Crippen LogP contribution in [0, 0.1) is 12.3 Å². The van der Waals surface area contributed by atoms with Crippen molar-refractivity contribution in [1.29, 1.82) is 0 Å². The fourth-order valence-corrected chi connectivity index (χ4v) is 1.12. The summed E-state index contributed by atoms with van der Waals surface area (Å²) < 4.78 is 0. The first-order valence-corrected chi connectivity index (χ1v) is 4.43. The average Bonchev–Trinajstić information content (AvgIpc) is 2.18. The Balaban J connectivity index is 2.89. The fraction of sp³-hybridized carbons (Fsp3) is 0.364. The maximum Gasteiger partial charge on any atom is 0.129 e. The van der Waals surface area contributed by atoms with Crippen LogP contribution in [0.2, 0.25) is 0 Å². The lowest BCUT2D eigenvalue weighted by molar-refractivity contribution is 0.199. The van der Waals surface area contributed by atoms with Gasteiger partial charge in [0.2, 0.25) is 0 Å². The molecule has 0 aliphatic carbocycles. The molecule has 1 heterocycles. The van der Waals surface area contributed by atoms with Crippen LogP contribution in [-0.4, -0.2) is 23.7 Å². The van der Waals surface area contributed by atoms with Crippen molar-refractivity contribution in [2.45, 2.75) is 13.0 Å². The summed E-state index contributed by atoms with van der Waals surface area (Å²) in [5.74, 6) is 3.32. The van der Waals surface area contributed by atoms with E-state index in [4.69, 9.17) is 6.42 Å². The van der Waals surface area contributed by atoms with E-state index >= 15 is 0 Å². The summed E-state index contributed by atoms with van der Waals surface area (Å²) in [6.07, 6.45) is 6.39. The third kappa shape index (κ3) is 2.48. The summed E-state index contributed by atoms with van der Waals surface area (Å²) in [5, 5.41) is 9.37. The van der Waals surface area contributed by atoms with Gasteiger partial charge >= 0.3 is 0 Å². The van der Waals surface area contributed by atoms with Gasteiger partial charge in [0.15, 0.2) is 0 Å². The number of rotatable bonds is 3. The van der Waals surface area contributed by atoms with Crippen LogP contribution in [0.15, 0.2) is 18.3 Å². The lowest BCUT2D eigenvalue weighted by atomic mass is 10.2. The van der Waals surface area contributed by atoms with E-state index in [-0.39, 0.29) is 0 Å². The number of terminal acetylenes is 1. The lowest BCUT2D eigenvalue weighted by Crippen LogP contribution is -2.18. The van der Waals surface area contributed by atoms with Gasteiger partial charge in [-0.05, 0) is 24.6 Å². The number of hydrogen-bond acceptors (Lipinski definition) is 3. The first kappa shape index (κ1) is 10.6. The van der Waals surface area contributed by atoms with Gasteiger partial charge in [-0.15, -0.1) is 6.42 Å². The summed E-state index contributed by atoms with van der Waals surface area (Å²) in [6, 6.07) is 3.62. The Morgan fingerprint density at radius 3 is 3.00 bits per heavy atom. The Labute approximate surface area is 84.4 Å². The summed E-state index contributed by atoms with van der Waals surface area (Å²) in [7, 11) is 1.87. The molecule has 3 nitrogen and oxygen atoms in total. The molecule has 0 fully saturated rings. The molecule has 1 rings (SSSR count). The summed E-state index contributed by atoms with van der Waals surface area (Å²) >= 11 is 0. The second-order valence-corrected chi connectivity index (χ2v) is 3.18. The molecule has 0 aliphatic heterocycles. The second kappa shape index (κ2) is 4.64. The van der Waals surface area contributed by atoms with Gasteiger partial charge in [-0.1, -0.05) is 5.92 Å². The first-order valence-electron chi connectivity index (χ1n) is 4.43. The standard InChI is InChI=1S/C11H14N2O/c1-4-7-13(3)11-8-10(9(2)14)5-6-12-11/h1,5-6,8-9,14H,7H2,2-3H3/t9-/m0/s1. The highest BCUT2D eigenvalue weighted by atomic mass is 16.3. The van der Waals surface area contributed by atoms with Gasteiger partial charge in [-0.2, -0.15) is 0 Å². The predicted octanol–water partition coefficient (Wildman–Crippen LogP) is 1.20. The molecule has 0 radical (unpaired) electrons. The second-order valence-electron chi connectivity index (χ2n) is 3.18. The fourth-order valence-electron chi connectivity index (χ4n) is 1.12. The van der Waals surface area contributed by atoms with Crippen LogP contribution in [0.4, 0.5) is 5.82 Å². The molecule has 0 saturated carbocycles. The minimum atomic E-state index is -0.476. The van der Waals surface area contributed by atoms with E-state index in [1.165, 1.54) is 0 Å². The average molecular weight is 190 g/mol. The Bertz CT molecular complexity index is 341. The molecule has 0 amide bonds. The smallest absolute Gasteiger partial charge is 0.129 e. The highest BCUT2D eigenvalue weighted by Gasteiger charge is 2.04. The third-order valence-corrected chi connectivity index (χ3v) is 1.97. The van der Waals surface area contributed by atoms with E-state index in [1.807, 2.05) is 18.0 Å². The Morgan fingerprint density at radius 1 is 1.71 bits per heavy atom. The van der Waals surface area contributed by atoms with Crippen LogP contribution >= 0.6 is 0 Å². The van der Waals surface area contributed by atoms with E-state index in [0.717, 1.165) is 11.4 Å². The predicted molar refractivity (Wildman–Crippen MR) is 57.0 cm³/mol. The van der Waals surface area contributed by atoms with E-state index in [1.54, 1.807) is 19.2 Å². The van der Waals surface area contributed by atoms with E-state index in [0.29, 0.717) is 6.54 Å². The first-order chi connectivity index (χ1) is 6.65. The number of aromatic nitrogens is 1. The Hall–Kier alpha value is -1.53. The molecule has 0 spiro atoms. The van der Waals surface area contributed by atoms with Crippen LogP contribution in [0.3, 0.4) is 0 Å². The molecule has 1 atom stereocenters. The number of hydrogen-bond donors (Lipinski definition) is 1. The minimum absolute atomic E-state index is 0.476. The zero-order chi connectivity index (χ0) is 10.6. The minimum Gasteiger partial charge on any atom is -0.389 e. The van der Waals surface area contributed by atoms with Crippen LogP contribution in [-0.2, 0) is 0 Å². The normalized spacial score (nSPS) is 11.9. The largest absolute Gasteiger partial charge is 0.389 e. The van der Waals surface area contributed by atoms with Crippen LogP contribution in [0.5, 0.6) is 0 Å². The van der Waals surface area contributed by atoms with Crippen LogP contribution < -0.4 is 4.90 Å². The van der Waals surface area contributed by atoms with Crippen LogP contribution in [0.25, 0.3) is 0 Å². The monoisotopic (exact) mass is 190 g/mol. The van der Waals surface area contributed by atoms with Gasteiger partial charge in [-0.25, -0.2) is 4.98 Å². The summed E-state index contributed by atoms with van der Waals surface area (Å²) in [5.41, 5.74) is 0.846. The maximum atomic E-state index is 9.37. The molecule has 14 heavy (non-hydrogen) atoms. The van der Waals surface area contributed by atoms with Crippen molar-refractivity contribution in [3.05, 3.63) is 23.9 Å². The molecule has 3 heteroatoms. The number of nitrogens with zero attached hydrogens (tertiary/aromatic N) is 2. The third-order valence-electron chi connectivity index (χ3n) is 1.97.